The lowest BCUT2D eigenvalue weighted by atomic mass is 9.88. The molecule has 5 nitrogen and oxygen atoms in total. The molecular formula is C11H22N4O. The molecule has 0 aromatic carbocycles. The predicted octanol–water partition coefficient (Wildman–Crippen LogP) is 1.95. The van der Waals surface area contributed by atoms with Crippen molar-refractivity contribution in [3.63, 3.8) is 0 Å². The second-order valence-corrected chi connectivity index (χ2v) is 5.07. The summed E-state index contributed by atoms with van der Waals surface area (Å²) in [5.74, 6) is 1.38. The summed E-state index contributed by atoms with van der Waals surface area (Å²) in [5, 5.41) is 7.00. The number of aromatic amines is 1. The van der Waals surface area contributed by atoms with Gasteiger partial charge < -0.3 is 10.5 Å². The first-order valence-corrected chi connectivity index (χ1v) is 5.65. The van der Waals surface area contributed by atoms with Crippen LogP contribution in [0.25, 0.3) is 0 Å². The van der Waals surface area contributed by atoms with E-state index >= 15 is 0 Å². The fraction of sp³-hybridized carbons (Fsp3) is 0.818. The van der Waals surface area contributed by atoms with E-state index in [0.29, 0.717) is 12.4 Å². The maximum absolute atomic E-state index is 5.72. The first-order chi connectivity index (χ1) is 7.36. The number of nitrogens with zero attached hydrogens (tertiary/aromatic N) is 2. The van der Waals surface area contributed by atoms with Gasteiger partial charge in [0, 0.05) is 6.61 Å². The van der Waals surface area contributed by atoms with Crippen LogP contribution >= 0.6 is 0 Å². The molecule has 1 heterocycles. The smallest absolute Gasteiger partial charge is 0.167 e. The van der Waals surface area contributed by atoms with E-state index in [-0.39, 0.29) is 17.6 Å². The van der Waals surface area contributed by atoms with Crippen LogP contribution in [0.5, 0.6) is 0 Å². The summed E-state index contributed by atoms with van der Waals surface area (Å²) in [5.41, 5.74) is 5.70. The average molecular weight is 226 g/mol. The Labute approximate surface area is 96.8 Å². The maximum atomic E-state index is 5.72. The molecular weight excluding hydrogens is 204 g/mol. The molecule has 3 N–H and O–H groups in total. The third-order valence-corrected chi connectivity index (χ3v) is 2.30. The zero-order valence-corrected chi connectivity index (χ0v) is 10.7. The summed E-state index contributed by atoms with van der Waals surface area (Å²) in [7, 11) is 0. The van der Waals surface area contributed by atoms with Gasteiger partial charge in [0.15, 0.2) is 11.6 Å². The van der Waals surface area contributed by atoms with Crippen LogP contribution in [0.15, 0.2) is 0 Å². The predicted molar refractivity (Wildman–Crippen MR) is 62.8 cm³/mol. The van der Waals surface area contributed by atoms with Gasteiger partial charge in [-0.25, -0.2) is 4.98 Å². The monoisotopic (exact) mass is 226 g/mol. The summed E-state index contributed by atoms with van der Waals surface area (Å²) >= 11 is 0. The van der Waals surface area contributed by atoms with Crippen LogP contribution in [0.4, 0.5) is 0 Å². The van der Waals surface area contributed by atoms with E-state index in [1.807, 2.05) is 13.8 Å². The van der Waals surface area contributed by atoms with E-state index in [4.69, 9.17) is 10.5 Å². The molecule has 1 aromatic heterocycles. The van der Waals surface area contributed by atoms with Crippen molar-refractivity contribution in [2.24, 2.45) is 11.1 Å². The van der Waals surface area contributed by atoms with Crippen molar-refractivity contribution < 1.29 is 4.74 Å². The lowest BCUT2D eigenvalue weighted by Crippen LogP contribution is -2.22. The molecule has 0 aliphatic carbocycles. The van der Waals surface area contributed by atoms with Gasteiger partial charge in [-0.2, -0.15) is 5.10 Å². The molecule has 0 fully saturated rings. The molecule has 5 heteroatoms. The Kier molecular flexibility index (Phi) is 4.04. The SMILES string of the molecule is CCOC(c1nc(C(C)N)n[nH]1)C(C)(C)C. The molecule has 2 atom stereocenters. The van der Waals surface area contributed by atoms with E-state index < -0.39 is 0 Å². The molecule has 0 saturated carbocycles. The Morgan fingerprint density at radius 3 is 2.44 bits per heavy atom. The molecule has 0 radical (unpaired) electrons. The van der Waals surface area contributed by atoms with E-state index in [2.05, 4.69) is 36.0 Å². The molecule has 1 aromatic rings. The van der Waals surface area contributed by atoms with Crippen molar-refractivity contribution in [1.29, 1.82) is 0 Å². The normalized spacial score (nSPS) is 16.1. The van der Waals surface area contributed by atoms with Gasteiger partial charge in [0.1, 0.15) is 6.10 Å². The topological polar surface area (TPSA) is 76.8 Å². The molecule has 0 amide bonds. The fourth-order valence-electron chi connectivity index (χ4n) is 1.51. The number of aromatic nitrogens is 3. The minimum absolute atomic E-state index is 0.0232. The summed E-state index contributed by atoms with van der Waals surface area (Å²) in [6, 6.07) is -0.160. The van der Waals surface area contributed by atoms with Crippen molar-refractivity contribution >= 4 is 0 Å². The molecule has 0 bridgehead atoms. The zero-order valence-electron chi connectivity index (χ0n) is 10.7. The second-order valence-electron chi connectivity index (χ2n) is 5.07. The third kappa shape index (κ3) is 3.02. The van der Waals surface area contributed by atoms with Gasteiger partial charge in [-0.05, 0) is 19.3 Å². The Balaban J connectivity index is 2.93. The minimum Gasteiger partial charge on any atom is -0.370 e. The molecule has 92 valence electrons. The Morgan fingerprint density at radius 2 is 2.06 bits per heavy atom. The largest absolute Gasteiger partial charge is 0.370 e. The number of nitrogens with two attached hydrogens (primary N) is 1. The lowest BCUT2D eigenvalue weighted by molar-refractivity contribution is -0.0189. The summed E-state index contributed by atoms with van der Waals surface area (Å²) in [4.78, 5) is 4.38. The zero-order chi connectivity index (χ0) is 12.3. The highest BCUT2D eigenvalue weighted by molar-refractivity contribution is 5.00. The fourth-order valence-corrected chi connectivity index (χ4v) is 1.51. The van der Waals surface area contributed by atoms with Crippen LogP contribution in [-0.2, 0) is 4.74 Å². The first-order valence-electron chi connectivity index (χ1n) is 5.65. The molecule has 0 saturated heterocycles. The van der Waals surface area contributed by atoms with Gasteiger partial charge in [-0.15, -0.1) is 0 Å². The molecule has 2 unspecified atom stereocenters. The van der Waals surface area contributed by atoms with Crippen molar-refractivity contribution in [1.82, 2.24) is 15.2 Å². The van der Waals surface area contributed by atoms with Gasteiger partial charge in [-0.3, -0.25) is 5.10 Å². The molecule has 16 heavy (non-hydrogen) atoms. The van der Waals surface area contributed by atoms with Crippen molar-refractivity contribution in [3.8, 4) is 0 Å². The first kappa shape index (κ1) is 13.1. The number of H-pyrrole nitrogens is 1. The van der Waals surface area contributed by atoms with Crippen LogP contribution in [0.1, 0.15) is 58.4 Å². The summed E-state index contributed by atoms with van der Waals surface area (Å²) in [6.45, 7) is 10.8. The van der Waals surface area contributed by atoms with E-state index in [1.54, 1.807) is 0 Å². The highest BCUT2D eigenvalue weighted by atomic mass is 16.5. The molecule has 1 rings (SSSR count). The standard InChI is InChI=1S/C11H22N4O/c1-6-16-8(11(3,4)5)10-13-9(7(2)12)14-15-10/h7-8H,6,12H2,1-5H3,(H,13,14,15). The molecule has 0 spiro atoms. The minimum atomic E-state index is -0.160. The van der Waals surface area contributed by atoms with Gasteiger partial charge in [0.2, 0.25) is 0 Å². The highest BCUT2D eigenvalue weighted by Crippen LogP contribution is 2.34. The second kappa shape index (κ2) is 4.93. The van der Waals surface area contributed by atoms with E-state index in [1.165, 1.54) is 0 Å². The van der Waals surface area contributed by atoms with Crippen LogP contribution in [0, 0.1) is 5.41 Å². The Morgan fingerprint density at radius 1 is 1.44 bits per heavy atom. The lowest BCUT2D eigenvalue weighted by Gasteiger charge is -2.28. The van der Waals surface area contributed by atoms with E-state index in [9.17, 15) is 0 Å². The molecule has 0 aliphatic heterocycles. The van der Waals surface area contributed by atoms with Crippen LogP contribution < -0.4 is 5.73 Å². The molecule has 0 aliphatic rings. The highest BCUT2D eigenvalue weighted by Gasteiger charge is 2.30. The van der Waals surface area contributed by atoms with Crippen LogP contribution in [0.2, 0.25) is 0 Å². The average Bonchev–Trinajstić information content (AvgIpc) is 2.60. The van der Waals surface area contributed by atoms with Gasteiger partial charge in [0.05, 0.1) is 6.04 Å². The summed E-state index contributed by atoms with van der Waals surface area (Å²) in [6.07, 6.45) is -0.0856. The van der Waals surface area contributed by atoms with Gasteiger partial charge in [0.25, 0.3) is 0 Å². The number of hydrogen-bond donors (Lipinski definition) is 2. The van der Waals surface area contributed by atoms with Crippen LogP contribution in [-0.4, -0.2) is 21.8 Å². The maximum Gasteiger partial charge on any atom is 0.167 e. The number of rotatable bonds is 4. The Hall–Kier alpha value is -0.940. The number of hydrogen-bond acceptors (Lipinski definition) is 4. The quantitative estimate of drug-likeness (QED) is 0.822. The third-order valence-electron chi connectivity index (χ3n) is 2.30. The van der Waals surface area contributed by atoms with Crippen molar-refractivity contribution in [2.75, 3.05) is 6.61 Å². The Bertz CT molecular complexity index is 327. The number of ether oxygens (including phenoxy) is 1. The van der Waals surface area contributed by atoms with Crippen molar-refractivity contribution in [3.05, 3.63) is 11.6 Å². The van der Waals surface area contributed by atoms with E-state index in [0.717, 1.165) is 5.82 Å². The van der Waals surface area contributed by atoms with Gasteiger partial charge in [-0.1, -0.05) is 20.8 Å². The van der Waals surface area contributed by atoms with Crippen molar-refractivity contribution in [2.45, 2.75) is 46.8 Å². The summed E-state index contributed by atoms with van der Waals surface area (Å²) < 4.78 is 5.71. The van der Waals surface area contributed by atoms with Crippen LogP contribution in [0.3, 0.4) is 0 Å². The van der Waals surface area contributed by atoms with Gasteiger partial charge >= 0.3 is 0 Å². The number of nitrogens with one attached hydrogen (secondary N) is 1.